The topological polar surface area (TPSA) is 52.2 Å². The van der Waals surface area contributed by atoms with Gasteiger partial charge in [-0.2, -0.15) is 0 Å². The highest BCUT2D eigenvalue weighted by Gasteiger charge is 2.34. The maximum absolute atomic E-state index is 5.72. The standard InChI is InChI=1S/C19H22N2O4/c1-21-8-7-12-9-15-17(25-11-24-15)18(23-3)16(12)19(21)20-13-5-4-6-14(10-13)22-2/h4-6,9-10,19-20H,7-8,11H2,1-3H3/t19-/m1/s1. The van der Waals surface area contributed by atoms with Gasteiger partial charge < -0.3 is 24.3 Å². The van der Waals surface area contributed by atoms with Crippen LogP contribution in [0.2, 0.25) is 0 Å². The quantitative estimate of drug-likeness (QED) is 0.922. The van der Waals surface area contributed by atoms with Crippen molar-refractivity contribution in [3.63, 3.8) is 0 Å². The first-order valence-electron chi connectivity index (χ1n) is 8.31. The number of ether oxygens (including phenoxy) is 4. The van der Waals surface area contributed by atoms with Crippen LogP contribution in [-0.4, -0.2) is 39.5 Å². The average Bonchev–Trinajstić information content (AvgIpc) is 3.10. The number of fused-ring (bicyclic) bond motifs is 2. The molecule has 0 aliphatic carbocycles. The first kappa shape index (κ1) is 15.9. The van der Waals surface area contributed by atoms with Crippen LogP contribution in [0.5, 0.6) is 23.0 Å². The van der Waals surface area contributed by atoms with E-state index in [9.17, 15) is 0 Å². The molecule has 0 saturated heterocycles. The van der Waals surface area contributed by atoms with Crippen LogP contribution in [0, 0.1) is 0 Å². The lowest BCUT2D eigenvalue weighted by atomic mass is 9.94. The highest BCUT2D eigenvalue weighted by Crippen LogP contribution is 2.49. The van der Waals surface area contributed by atoms with E-state index < -0.39 is 0 Å². The Hall–Kier alpha value is -2.60. The van der Waals surface area contributed by atoms with Gasteiger partial charge in [0.15, 0.2) is 11.5 Å². The molecule has 0 amide bonds. The van der Waals surface area contributed by atoms with Crippen molar-refractivity contribution in [3.05, 3.63) is 41.5 Å². The number of nitrogens with zero attached hydrogens (tertiary/aromatic N) is 1. The van der Waals surface area contributed by atoms with Crippen molar-refractivity contribution in [3.8, 4) is 23.0 Å². The molecule has 0 bridgehead atoms. The summed E-state index contributed by atoms with van der Waals surface area (Å²) in [7, 11) is 5.45. The second-order valence-corrected chi connectivity index (χ2v) is 6.23. The minimum atomic E-state index is -0.0275. The van der Waals surface area contributed by atoms with Gasteiger partial charge in [0.2, 0.25) is 12.5 Å². The van der Waals surface area contributed by atoms with Gasteiger partial charge in [-0.15, -0.1) is 0 Å². The molecule has 2 aliphatic rings. The van der Waals surface area contributed by atoms with E-state index in [1.807, 2.05) is 24.3 Å². The number of likely N-dealkylation sites (N-methyl/N-ethyl adjacent to an activating group) is 1. The van der Waals surface area contributed by atoms with Crippen LogP contribution in [0.15, 0.2) is 30.3 Å². The van der Waals surface area contributed by atoms with E-state index in [1.54, 1.807) is 14.2 Å². The molecule has 2 heterocycles. The van der Waals surface area contributed by atoms with Crippen LogP contribution in [0.1, 0.15) is 17.3 Å². The molecule has 2 aromatic carbocycles. The number of rotatable bonds is 4. The van der Waals surface area contributed by atoms with Crippen LogP contribution in [-0.2, 0) is 6.42 Å². The van der Waals surface area contributed by atoms with Gasteiger partial charge in [0, 0.05) is 23.9 Å². The molecule has 2 aliphatic heterocycles. The highest BCUT2D eigenvalue weighted by atomic mass is 16.7. The van der Waals surface area contributed by atoms with E-state index in [-0.39, 0.29) is 13.0 Å². The summed E-state index contributed by atoms with van der Waals surface area (Å²) in [5, 5.41) is 3.60. The normalized spacial score (nSPS) is 18.6. The first-order chi connectivity index (χ1) is 12.2. The number of hydrogen-bond donors (Lipinski definition) is 1. The zero-order chi connectivity index (χ0) is 17.4. The zero-order valence-corrected chi connectivity index (χ0v) is 14.7. The van der Waals surface area contributed by atoms with E-state index in [0.717, 1.165) is 41.5 Å². The van der Waals surface area contributed by atoms with Gasteiger partial charge in [-0.3, -0.25) is 4.90 Å². The Morgan fingerprint density at radius 3 is 2.84 bits per heavy atom. The van der Waals surface area contributed by atoms with E-state index in [2.05, 4.69) is 23.3 Å². The van der Waals surface area contributed by atoms with Gasteiger partial charge in [-0.05, 0) is 37.2 Å². The van der Waals surface area contributed by atoms with Gasteiger partial charge in [-0.1, -0.05) is 6.07 Å². The van der Waals surface area contributed by atoms with E-state index in [4.69, 9.17) is 18.9 Å². The van der Waals surface area contributed by atoms with Gasteiger partial charge in [-0.25, -0.2) is 0 Å². The maximum Gasteiger partial charge on any atom is 0.231 e. The van der Waals surface area contributed by atoms with Crippen molar-refractivity contribution in [2.75, 3.05) is 39.9 Å². The Labute approximate surface area is 147 Å². The molecule has 0 aromatic heterocycles. The molecule has 132 valence electrons. The molecule has 0 radical (unpaired) electrons. The van der Waals surface area contributed by atoms with Crippen molar-refractivity contribution in [1.29, 1.82) is 0 Å². The summed E-state index contributed by atoms with van der Waals surface area (Å²) >= 11 is 0. The third-order valence-electron chi connectivity index (χ3n) is 4.77. The van der Waals surface area contributed by atoms with E-state index in [1.165, 1.54) is 5.56 Å². The summed E-state index contributed by atoms with van der Waals surface area (Å²) in [6.45, 7) is 1.18. The molecule has 1 N–H and O–H groups in total. The molecule has 6 heteroatoms. The summed E-state index contributed by atoms with van der Waals surface area (Å²) in [6, 6.07) is 10.0. The van der Waals surface area contributed by atoms with Crippen molar-refractivity contribution in [2.24, 2.45) is 0 Å². The minimum Gasteiger partial charge on any atom is -0.497 e. The Bertz CT molecular complexity index is 793. The van der Waals surface area contributed by atoms with Crippen molar-refractivity contribution in [1.82, 2.24) is 4.90 Å². The highest BCUT2D eigenvalue weighted by molar-refractivity contribution is 5.63. The monoisotopic (exact) mass is 342 g/mol. The molecule has 0 saturated carbocycles. The van der Waals surface area contributed by atoms with Crippen molar-refractivity contribution < 1.29 is 18.9 Å². The molecule has 6 nitrogen and oxygen atoms in total. The first-order valence-corrected chi connectivity index (χ1v) is 8.31. The van der Waals surface area contributed by atoms with Crippen LogP contribution in [0.25, 0.3) is 0 Å². The Balaban J connectivity index is 1.77. The van der Waals surface area contributed by atoms with Crippen LogP contribution in [0.3, 0.4) is 0 Å². The number of hydrogen-bond acceptors (Lipinski definition) is 6. The zero-order valence-electron chi connectivity index (χ0n) is 14.7. The van der Waals surface area contributed by atoms with Gasteiger partial charge in [0.25, 0.3) is 0 Å². The summed E-state index contributed by atoms with van der Waals surface area (Å²) in [5.74, 6) is 3.02. The predicted molar refractivity (Wildman–Crippen MR) is 94.8 cm³/mol. The lowest BCUT2D eigenvalue weighted by molar-refractivity contribution is 0.170. The molecule has 1 atom stereocenters. The fourth-order valence-electron chi connectivity index (χ4n) is 3.49. The van der Waals surface area contributed by atoms with E-state index >= 15 is 0 Å². The number of nitrogens with one attached hydrogen (secondary N) is 1. The minimum absolute atomic E-state index is 0.0275. The molecule has 0 fully saturated rings. The molecular formula is C19H22N2O4. The SMILES string of the molecule is COc1cccc(N[C@H]2c3c(cc4c(c3OC)OCO4)CCN2C)c1. The lowest BCUT2D eigenvalue weighted by Crippen LogP contribution is -2.37. The summed E-state index contributed by atoms with van der Waals surface area (Å²) in [4.78, 5) is 2.27. The summed E-state index contributed by atoms with van der Waals surface area (Å²) < 4.78 is 22.3. The fraction of sp³-hybridized carbons (Fsp3) is 0.368. The van der Waals surface area contributed by atoms with Crippen LogP contribution < -0.4 is 24.3 Å². The number of anilines is 1. The fourth-order valence-corrected chi connectivity index (χ4v) is 3.49. The molecule has 0 unspecified atom stereocenters. The third kappa shape index (κ3) is 2.72. The lowest BCUT2D eigenvalue weighted by Gasteiger charge is -2.36. The smallest absolute Gasteiger partial charge is 0.231 e. The van der Waals surface area contributed by atoms with Crippen LogP contribution >= 0.6 is 0 Å². The van der Waals surface area contributed by atoms with Crippen molar-refractivity contribution >= 4 is 5.69 Å². The third-order valence-corrected chi connectivity index (χ3v) is 4.77. The van der Waals surface area contributed by atoms with Gasteiger partial charge >= 0.3 is 0 Å². The second kappa shape index (κ2) is 6.37. The average molecular weight is 342 g/mol. The second-order valence-electron chi connectivity index (χ2n) is 6.23. The summed E-state index contributed by atoms with van der Waals surface area (Å²) in [6.07, 6.45) is 0.912. The number of methoxy groups -OCH3 is 2. The van der Waals surface area contributed by atoms with Gasteiger partial charge in [0.05, 0.1) is 14.2 Å². The van der Waals surface area contributed by atoms with E-state index in [0.29, 0.717) is 5.75 Å². The molecule has 2 aromatic rings. The number of benzene rings is 2. The molecule has 25 heavy (non-hydrogen) atoms. The van der Waals surface area contributed by atoms with Gasteiger partial charge in [0.1, 0.15) is 11.9 Å². The predicted octanol–water partition coefficient (Wildman–Crippen LogP) is 3.03. The largest absolute Gasteiger partial charge is 0.497 e. The van der Waals surface area contributed by atoms with Crippen molar-refractivity contribution in [2.45, 2.75) is 12.6 Å². The Morgan fingerprint density at radius 2 is 2.04 bits per heavy atom. The molecule has 0 spiro atoms. The maximum atomic E-state index is 5.72. The Kier molecular flexibility index (Phi) is 4.05. The Morgan fingerprint density at radius 1 is 1.16 bits per heavy atom. The van der Waals surface area contributed by atoms with Crippen LogP contribution in [0.4, 0.5) is 5.69 Å². The molecular weight excluding hydrogens is 320 g/mol. The molecule has 4 rings (SSSR count). The summed E-state index contributed by atoms with van der Waals surface area (Å²) in [5.41, 5.74) is 3.31.